The van der Waals surface area contributed by atoms with Crippen molar-refractivity contribution in [1.29, 1.82) is 0 Å². The third kappa shape index (κ3) is 3.98. The van der Waals surface area contributed by atoms with Crippen LogP contribution in [0.2, 0.25) is 5.02 Å². The summed E-state index contributed by atoms with van der Waals surface area (Å²) in [4.78, 5) is 24.2. The lowest BCUT2D eigenvalue weighted by atomic mass is 10.3. The molecule has 3 rings (SSSR count). The summed E-state index contributed by atoms with van der Waals surface area (Å²) in [5.41, 5.74) is 1.77. The first-order chi connectivity index (χ1) is 12.1. The van der Waals surface area contributed by atoms with Crippen LogP contribution in [0.4, 0.5) is 16.2 Å². The Labute approximate surface area is 152 Å². The number of carbonyl (C=O) groups is 2. The summed E-state index contributed by atoms with van der Waals surface area (Å²) in [7, 11) is 1.58. The van der Waals surface area contributed by atoms with Gasteiger partial charge >= 0.3 is 6.03 Å². The zero-order chi connectivity index (χ0) is 17.8. The fraction of sp³-hybridized carbons (Fsp3) is 0.0625. The second kappa shape index (κ2) is 7.37. The summed E-state index contributed by atoms with van der Waals surface area (Å²) in [6, 6.07) is 8.25. The quantitative estimate of drug-likeness (QED) is 0.651. The summed E-state index contributed by atoms with van der Waals surface area (Å²) in [6.45, 7) is 0. The van der Waals surface area contributed by atoms with E-state index in [0.29, 0.717) is 21.3 Å². The monoisotopic (exact) mass is 375 g/mol. The average Bonchev–Trinajstić information content (AvgIpc) is 3.25. The molecule has 0 fully saturated rings. The minimum absolute atomic E-state index is 0.152. The predicted molar refractivity (Wildman–Crippen MR) is 98.9 cm³/mol. The van der Waals surface area contributed by atoms with E-state index in [1.54, 1.807) is 48.3 Å². The molecule has 2 aromatic heterocycles. The Morgan fingerprint density at radius 3 is 2.80 bits per heavy atom. The van der Waals surface area contributed by atoms with E-state index in [4.69, 9.17) is 11.6 Å². The molecule has 0 atom stereocenters. The Bertz CT molecular complexity index is 921. The number of halogens is 1. The van der Waals surface area contributed by atoms with E-state index in [1.807, 2.05) is 5.38 Å². The van der Waals surface area contributed by atoms with Gasteiger partial charge < -0.3 is 16.0 Å². The van der Waals surface area contributed by atoms with Crippen molar-refractivity contribution < 1.29 is 9.59 Å². The normalized spacial score (nSPS) is 10.3. The molecule has 0 aliphatic carbocycles. The van der Waals surface area contributed by atoms with E-state index in [1.165, 1.54) is 17.5 Å². The van der Waals surface area contributed by atoms with E-state index in [2.05, 4.69) is 21.0 Å². The third-order valence-electron chi connectivity index (χ3n) is 3.26. The van der Waals surface area contributed by atoms with Crippen molar-refractivity contribution in [3.05, 3.63) is 58.0 Å². The molecule has 3 aromatic rings. The molecule has 0 aliphatic heterocycles. The molecule has 0 saturated heterocycles. The van der Waals surface area contributed by atoms with Gasteiger partial charge in [-0.05, 0) is 18.2 Å². The van der Waals surface area contributed by atoms with Crippen LogP contribution in [0.15, 0.2) is 48.1 Å². The number of hydrogen-bond acceptors (Lipinski definition) is 4. The van der Waals surface area contributed by atoms with Gasteiger partial charge in [0.15, 0.2) is 0 Å². The lowest BCUT2D eigenvalue weighted by Crippen LogP contribution is -2.19. The van der Waals surface area contributed by atoms with Crippen LogP contribution in [0.25, 0.3) is 5.69 Å². The molecule has 3 N–H and O–H groups in total. The lowest BCUT2D eigenvalue weighted by molar-refractivity contribution is 0.0967. The first-order valence-electron chi connectivity index (χ1n) is 7.25. The predicted octanol–water partition coefficient (Wildman–Crippen LogP) is 3.59. The number of nitrogens with zero attached hydrogens (tertiary/aromatic N) is 2. The third-order valence-corrected chi connectivity index (χ3v) is 4.51. The fourth-order valence-corrected chi connectivity index (χ4v) is 3.07. The maximum absolute atomic E-state index is 12.0. The maximum atomic E-state index is 12.0. The molecule has 9 heteroatoms. The molecule has 0 unspecified atom stereocenters. The van der Waals surface area contributed by atoms with Gasteiger partial charge in [-0.15, -0.1) is 11.3 Å². The summed E-state index contributed by atoms with van der Waals surface area (Å²) in [6.07, 6.45) is 3.17. The highest BCUT2D eigenvalue weighted by Gasteiger charge is 2.11. The molecule has 0 saturated carbocycles. The molecule has 2 heterocycles. The largest absolute Gasteiger partial charge is 0.354 e. The topological polar surface area (TPSA) is 88.0 Å². The van der Waals surface area contributed by atoms with Crippen LogP contribution in [0.1, 0.15) is 9.67 Å². The molecule has 3 amide bonds. The zero-order valence-corrected chi connectivity index (χ0v) is 14.7. The Morgan fingerprint density at radius 1 is 1.24 bits per heavy atom. The van der Waals surface area contributed by atoms with E-state index < -0.39 is 6.03 Å². The van der Waals surface area contributed by atoms with Gasteiger partial charge in [0.05, 0.1) is 39.4 Å². The Hall–Kier alpha value is -2.84. The van der Waals surface area contributed by atoms with Gasteiger partial charge in [0.25, 0.3) is 5.91 Å². The lowest BCUT2D eigenvalue weighted by Gasteiger charge is -2.07. The molecular formula is C16H14ClN5O2S. The average molecular weight is 376 g/mol. The summed E-state index contributed by atoms with van der Waals surface area (Å²) in [5.74, 6) is -0.152. The number of aromatic nitrogens is 2. The van der Waals surface area contributed by atoms with Crippen molar-refractivity contribution in [2.45, 2.75) is 0 Å². The summed E-state index contributed by atoms with van der Waals surface area (Å²) >= 11 is 7.32. The van der Waals surface area contributed by atoms with Gasteiger partial charge in [0.1, 0.15) is 0 Å². The number of benzene rings is 1. The molecule has 128 valence electrons. The molecule has 25 heavy (non-hydrogen) atoms. The number of hydrogen-bond donors (Lipinski definition) is 3. The maximum Gasteiger partial charge on any atom is 0.323 e. The number of para-hydroxylation sites is 1. The van der Waals surface area contributed by atoms with E-state index in [9.17, 15) is 9.59 Å². The summed E-state index contributed by atoms with van der Waals surface area (Å²) in [5, 5.41) is 14.4. The highest BCUT2D eigenvalue weighted by molar-refractivity contribution is 7.12. The van der Waals surface area contributed by atoms with Crippen LogP contribution < -0.4 is 16.0 Å². The van der Waals surface area contributed by atoms with Gasteiger partial charge in [0, 0.05) is 12.4 Å². The van der Waals surface area contributed by atoms with E-state index >= 15 is 0 Å². The molecule has 0 aliphatic rings. The number of thiophene rings is 1. The standard InChI is InChI=1S/C16H14ClN5O2S/c1-18-15(23)14-6-11(9-25-14)22-8-10(7-19-22)20-16(24)21-13-5-3-2-4-12(13)17/h2-9H,1H3,(H,18,23)(H2,20,21,24). The highest BCUT2D eigenvalue weighted by atomic mass is 35.5. The Balaban J connectivity index is 1.67. The van der Waals surface area contributed by atoms with Crippen molar-refractivity contribution in [3.63, 3.8) is 0 Å². The van der Waals surface area contributed by atoms with Crippen LogP contribution >= 0.6 is 22.9 Å². The Kier molecular flexibility index (Phi) is 5.01. The number of carbonyl (C=O) groups excluding carboxylic acids is 2. The van der Waals surface area contributed by atoms with Crippen molar-refractivity contribution in [1.82, 2.24) is 15.1 Å². The minimum atomic E-state index is -0.427. The number of urea groups is 1. The van der Waals surface area contributed by atoms with E-state index in [0.717, 1.165) is 5.69 Å². The zero-order valence-electron chi connectivity index (χ0n) is 13.1. The minimum Gasteiger partial charge on any atom is -0.354 e. The highest BCUT2D eigenvalue weighted by Crippen LogP contribution is 2.22. The molecular weight excluding hydrogens is 362 g/mol. The van der Waals surface area contributed by atoms with Crippen molar-refractivity contribution in [2.75, 3.05) is 17.7 Å². The smallest absolute Gasteiger partial charge is 0.323 e. The number of nitrogens with one attached hydrogen (secondary N) is 3. The van der Waals surface area contributed by atoms with Gasteiger partial charge in [-0.1, -0.05) is 23.7 Å². The van der Waals surface area contributed by atoms with Crippen LogP contribution in [0, 0.1) is 0 Å². The number of amides is 3. The summed E-state index contributed by atoms with van der Waals surface area (Å²) < 4.78 is 1.58. The van der Waals surface area contributed by atoms with E-state index in [-0.39, 0.29) is 5.91 Å². The van der Waals surface area contributed by atoms with Gasteiger partial charge in [-0.2, -0.15) is 5.10 Å². The molecule has 0 spiro atoms. The fourth-order valence-electron chi connectivity index (χ4n) is 2.06. The van der Waals surface area contributed by atoms with Crippen LogP contribution in [0.5, 0.6) is 0 Å². The second-order valence-corrected chi connectivity index (χ2v) is 6.30. The first-order valence-corrected chi connectivity index (χ1v) is 8.51. The number of anilines is 2. The SMILES string of the molecule is CNC(=O)c1cc(-n2cc(NC(=O)Nc3ccccc3Cl)cn2)cs1. The van der Waals surface area contributed by atoms with Crippen molar-refractivity contribution in [2.24, 2.45) is 0 Å². The van der Waals surface area contributed by atoms with Gasteiger partial charge in [0.2, 0.25) is 0 Å². The van der Waals surface area contributed by atoms with Gasteiger partial charge in [-0.3, -0.25) is 4.79 Å². The molecule has 7 nitrogen and oxygen atoms in total. The second-order valence-electron chi connectivity index (χ2n) is 4.98. The molecule has 0 bridgehead atoms. The van der Waals surface area contributed by atoms with Crippen molar-refractivity contribution in [3.8, 4) is 5.69 Å². The molecule has 0 radical (unpaired) electrons. The first kappa shape index (κ1) is 17.0. The van der Waals surface area contributed by atoms with Crippen LogP contribution in [0.3, 0.4) is 0 Å². The van der Waals surface area contributed by atoms with Gasteiger partial charge in [-0.25, -0.2) is 9.48 Å². The Morgan fingerprint density at radius 2 is 2.04 bits per heavy atom. The number of rotatable bonds is 4. The van der Waals surface area contributed by atoms with Crippen molar-refractivity contribution >= 4 is 46.3 Å². The van der Waals surface area contributed by atoms with Crippen LogP contribution in [-0.2, 0) is 0 Å². The van der Waals surface area contributed by atoms with Crippen LogP contribution in [-0.4, -0.2) is 28.8 Å². The molecule has 1 aromatic carbocycles.